The Morgan fingerprint density at radius 1 is 0.940 bits per heavy atom. The largest absolute Gasteiger partial charge is 0.390 e. The van der Waals surface area contributed by atoms with E-state index >= 15 is 0 Å². The van der Waals surface area contributed by atoms with Crippen LogP contribution in [0.1, 0.15) is 88.3 Å². The molecule has 0 saturated heterocycles. The Bertz CT molecular complexity index is 1390. The molecule has 0 aromatic heterocycles. The summed E-state index contributed by atoms with van der Waals surface area (Å²) in [6.07, 6.45) is 10.1. The molecular formula is C41H58N4O5. The number of likely N-dealkylation sites (N-methyl/N-ethyl adjacent to an activating group) is 1. The SMILES string of the molecule is C#CC[C@H](NC(=O)[C@@H](CC(=O)N(C)CCN1Cc2ccccc2C1)Cc1ccccc1)C(=O)N[C@@H](CC1CCCCC1)[C@@H](O)[C@@H](O)CC(C)C. The number of rotatable bonds is 18. The number of aliphatic hydroxyl groups is 2. The maximum atomic E-state index is 13.9. The molecular weight excluding hydrogens is 628 g/mol. The molecule has 2 aromatic rings. The van der Waals surface area contributed by atoms with Gasteiger partial charge in [-0.05, 0) is 47.8 Å². The predicted molar refractivity (Wildman–Crippen MR) is 196 cm³/mol. The molecule has 0 spiro atoms. The van der Waals surface area contributed by atoms with E-state index in [9.17, 15) is 24.6 Å². The van der Waals surface area contributed by atoms with E-state index in [0.717, 1.165) is 50.9 Å². The van der Waals surface area contributed by atoms with Crippen molar-refractivity contribution in [1.82, 2.24) is 20.4 Å². The molecule has 4 rings (SSSR count). The van der Waals surface area contributed by atoms with Gasteiger partial charge in [0.15, 0.2) is 0 Å². The van der Waals surface area contributed by atoms with Crippen molar-refractivity contribution in [2.75, 3.05) is 20.1 Å². The second-order valence-corrected chi connectivity index (χ2v) is 14.9. The van der Waals surface area contributed by atoms with Gasteiger partial charge >= 0.3 is 0 Å². The number of nitrogens with one attached hydrogen (secondary N) is 2. The molecule has 272 valence electrons. The van der Waals surface area contributed by atoms with Crippen LogP contribution in [0.25, 0.3) is 0 Å². The maximum absolute atomic E-state index is 13.9. The third kappa shape index (κ3) is 12.0. The zero-order chi connectivity index (χ0) is 36.0. The Kier molecular flexibility index (Phi) is 15.3. The molecule has 1 saturated carbocycles. The van der Waals surface area contributed by atoms with Crippen LogP contribution in [0.2, 0.25) is 0 Å². The fourth-order valence-electron chi connectivity index (χ4n) is 7.36. The molecule has 2 aromatic carbocycles. The van der Waals surface area contributed by atoms with Crippen LogP contribution in [0.5, 0.6) is 0 Å². The van der Waals surface area contributed by atoms with Crippen LogP contribution < -0.4 is 10.6 Å². The molecule has 9 nitrogen and oxygen atoms in total. The molecule has 1 aliphatic carbocycles. The van der Waals surface area contributed by atoms with Gasteiger partial charge in [-0.25, -0.2) is 0 Å². The Labute approximate surface area is 299 Å². The average molecular weight is 687 g/mol. The highest BCUT2D eigenvalue weighted by molar-refractivity contribution is 5.91. The molecule has 9 heteroatoms. The number of fused-ring (bicyclic) bond motifs is 1. The van der Waals surface area contributed by atoms with Gasteiger partial charge in [-0.3, -0.25) is 19.3 Å². The van der Waals surface area contributed by atoms with E-state index in [0.29, 0.717) is 31.7 Å². The van der Waals surface area contributed by atoms with Gasteiger partial charge in [-0.15, -0.1) is 12.3 Å². The van der Waals surface area contributed by atoms with Gasteiger partial charge in [0.1, 0.15) is 12.1 Å². The molecule has 5 atom stereocenters. The van der Waals surface area contributed by atoms with Crippen molar-refractivity contribution in [2.24, 2.45) is 17.8 Å². The van der Waals surface area contributed by atoms with Crippen molar-refractivity contribution in [3.63, 3.8) is 0 Å². The van der Waals surface area contributed by atoms with E-state index in [4.69, 9.17) is 6.42 Å². The minimum Gasteiger partial charge on any atom is -0.390 e. The molecule has 3 amide bonds. The average Bonchev–Trinajstić information content (AvgIpc) is 3.53. The summed E-state index contributed by atoms with van der Waals surface area (Å²) in [6.45, 7) is 6.91. The van der Waals surface area contributed by atoms with E-state index in [2.05, 4.69) is 33.6 Å². The summed E-state index contributed by atoms with van der Waals surface area (Å²) in [4.78, 5) is 45.2. The van der Waals surface area contributed by atoms with Crippen molar-refractivity contribution in [2.45, 2.75) is 115 Å². The molecule has 0 bridgehead atoms. The summed E-state index contributed by atoms with van der Waals surface area (Å²) in [5.74, 6) is 1.21. The molecule has 1 fully saturated rings. The normalized spacial score (nSPS) is 17.9. The third-order valence-corrected chi connectivity index (χ3v) is 10.3. The lowest BCUT2D eigenvalue weighted by molar-refractivity contribution is -0.137. The minimum absolute atomic E-state index is 0.0216. The summed E-state index contributed by atoms with van der Waals surface area (Å²) in [5, 5.41) is 27.9. The van der Waals surface area contributed by atoms with Crippen LogP contribution in [0.4, 0.5) is 0 Å². The first-order chi connectivity index (χ1) is 24.0. The third-order valence-electron chi connectivity index (χ3n) is 10.3. The predicted octanol–water partition coefficient (Wildman–Crippen LogP) is 4.44. The zero-order valence-corrected chi connectivity index (χ0v) is 30.2. The molecule has 4 N–H and O–H groups in total. The van der Waals surface area contributed by atoms with E-state index < -0.39 is 42.0 Å². The fourth-order valence-corrected chi connectivity index (χ4v) is 7.36. The van der Waals surface area contributed by atoms with Crippen molar-refractivity contribution in [3.05, 3.63) is 71.3 Å². The molecule has 0 unspecified atom stereocenters. The lowest BCUT2D eigenvalue weighted by atomic mass is 9.82. The van der Waals surface area contributed by atoms with Gasteiger partial charge in [-0.2, -0.15) is 0 Å². The van der Waals surface area contributed by atoms with Crippen molar-refractivity contribution < 1.29 is 24.6 Å². The lowest BCUT2D eigenvalue weighted by Crippen LogP contribution is -2.56. The van der Waals surface area contributed by atoms with Crippen LogP contribution >= 0.6 is 0 Å². The first-order valence-electron chi connectivity index (χ1n) is 18.5. The molecule has 1 aliphatic heterocycles. The maximum Gasteiger partial charge on any atom is 0.243 e. The number of nitrogens with zero attached hydrogens (tertiary/aromatic N) is 2. The molecule has 0 radical (unpaired) electrons. The van der Waals surface area contributed by atoms with Crippen LogP contribution in [0.3, 0.4) is 0 Å². The van der Waals surface area contributed by atoms with Crippen LogP contribution in [-0.2, 0) is 33.9 Å². The highest BCUT2D eigenvalue weighted by Crippen LogP contribution is 2.29. The van der Waals surface area contributed by atoms with E-state index in [-0.39, 0.29) is 24.7 Å². The zero-order valence-electron chi connectivity index (χ0n) is 30.2. The number of carbonyl (C=O) groups is 3. The fraction of sp³-hybridized carbons (Fsp3) is 0.585. The number of hydrogen-bond acceptors (Lipinski definition) is 6. The van der Waals surface area contributed by atoms with Crippen molar-refractivity contribution in [1.29, 1.82) is 0 Å². The topological polar surface area (TPSA) is 122 Å². The Hall–Kier alpha value is -3.71. The second-order valence-electron chi connectivity index (χ2n) is 14.9. The number of terminal acetylenes is 1. The highest BCUT2D eigenvalue weighted by Gasteiger charge is 2.34. The van der Waals surface area contributed by atoms with Crippen LogP contribution in [-0.4, -0.2) is 82.2 Å². The van der Waals surface area contributed by atoms with Gasteiger partial charge in [0, 0.05) is 46.1 Å². The highest BCUT2D eigenvalue weighted by atomic mass is 16.3. The summed E-state index contributed by atoms with van der Waals surface area (Å²) >= 11 is 0. The number of aliphatic hydroxyl groups excluding tert-OH is 2. The Morgan fingerprint density at radius 3 is 2.20 bits per heavy atom. The van der Waals surface area contributed by atoms with Crippen molar-refractivity contribution >= 4 is 17.7 Å². The van der Waals surface area contributed by atoms with E-state index in [1.165, 1.54) is 17.5 Å². The van der Waals surface area contributed by atoms with Gasteiger partial charge < -0.3 is 25.7 Å². The molecule has 50 heavy (non-hydrogen) atoms. The number of amides is 3. The summed E-state index contributed by atoms with van der Waals surface area (Å²) in [6, 6.07) is 16.2. The van der Waals surface area contributed by atoms with Gasteiger partial charge in [0.05, 0.1) is 18.1 Å². The number of carbonyl (C=O) groups excluding carboxylic acids is 3. The van der Waals surface area contributed by atoms with Crippen LogP contribution in [0, 0.1) is 30.1 Å². The van der Waals surface area contributed by atoms with E-state index in [1.807, 2.05) is 56.3 Å². The summed E-state index contributed by atoms with van der Waals surface area (Å²) in [5.41, 5.74) is 3.53. The standard InChI is InChI=1S/C41H58N4O5/c1-5-14-35(41(50)43-36(25-31-17-10-7-11-18-31)39(48)37(46)23-29(2)3)42-40(49)34(24-30-15-8-6-9-16-30)26-38(47)44(4)21-22-45-27-32-19-12-13-20-33(32)28-45/h1,6,8-9,12-13,15-16,19-20,29,31,34-37,39,46,48H,7,10-11,14,17-18,21-28H2,2-4H3,(H,42,49)(H,43,50)/t34-,35+,36+,37+,39-/m1/s1. The van der Waals surface area contributed by atoms with Crippen molar-refractivity contribution in [3.8, 4) is 12.3 Å². The second kappa shape index (κ2) is 19.6. The first kappa shape index (κ1) is 39.1. The summed E-state index contributed by atoms with van der Waals surface area (Å²) in [7, 11) is 1.77. The molecule has 2 aliphatic rings. The van der Waals surface area contributed by atoms with E-state index in [1.54, 1.807) is 11.9 Å². The summed E-state index contributed by atoms with van der Waals surface area (Å²) < 4.78 is 0. The monoisotopic (exact) mass is 686 g/mol. The quantitative estimate of drug-likeness (QED) is 0.172. The Balaban J connectivity index is 1.42. The Morgan fingerprint density at radius 2 is 1.58 bits per heavy atom. The smallest absolute Gasteiger partial charge is 0.243 e. The first-order valence-corrected chi connectivity index (χ1v) is 18.5. The number of hydrogen-bond donors (Lipinski definition) is 4. The van der Waals surface area contributed by atoms with Crippen LogP contribution in [0.15, 0.2) is 54.6 Å². The lowest BCUT2D eigenvalue weighted by Gasteiger charge is -2.33. The molecule has 1 heterocycles. The minimum atomic E-state index is -1.15. The van der Waals surface area contributed by atoms with Gasteiger partial charge in [0.25, 0.3) is 0 Å². The van der Waals surface area contributed by atoms with Gasteiger partial charge in [0.2, 0.25) is 17.7 Å². The van der Waals surface area contributed by atoms with Gasteiger partial charge in [-0.1, -0.05) is 101 Å². The number of benzene rings is 2.